The molecule has 2 N–H and O–H groups in total. The van der Waals surface area contributed by atoms with Crippen molar-refractivity contribution in [3.63, 3.8) is 0 Å². The highest BCUT2D eigenvalue weighted by Crippen LogP contribution is 2.34. The highest BCUT2D eigenvalue weighted by Gasteiger charge is 2.17. The predicted octanol–water partition coefficient (Wildman–Crippen LogP) is 5.89. The number of nitrogens with one attached hydrogen (secondary N) is 2. The third-order valence-corrected chi connectivity index (χ3v) is 5.15. The number of nitrogens with zero attached hydrogens (tertiary/aromatic N) is 1. The average molecular weight is 422 g/mol. The molecule has 6 heteroatoms. The van der Waals surface area contributed by atoms with Crippen LogP contribution in [-0.2, 0) is 13.0 Å². The van der Waals surface area contributed by atoms with Crippen molar-refractivity contribution in [1.82, 2.24) is 10.3 Å². The molecular weight excluding hydrogens is 398 g/mol. The molecule has 1 aromatic heterocycles. The Morgan fingerprint density at radius 1 is 1.00 bits per heavy atom. The first kappa shape index (κ1) is 21.6. The van der Waals surface area contributed by atoms with E-state index in [-0.39, 0.29) is 23.0 Å². The lowest BCUT2D eigenvalue weighted by atomic mass is 10.0. The fourth-order valence-electron chi connectivity index (χ4n) is 3.73. The van der Waals surface area contributed by atoms with E-state index < -0.39 is 0 Å². The van der Waals surface area contributed by atoms with Gasteiger partial charge in [-0.2, -0.15) is 0 Å². The zero-order valence-corrected chi connectivity index (χ0v) is 17.5. The third-order valence-electron chi connectivity index (χ3n) is 5.15. The summed E-state index contributed by atoms with van der Waals surface area (Å²) in [4.78, 5) is 14.4. The van der Waals surface area contributed by atoms with Gasteiger partial charge in [-0.3, -0.25) is 10.1 Å². The summed E-state index contributed by atoms with van der Waals surface area (Å²) >= 11 is 0. The standard InChI is InChI=1S/C24H23N3O2.ClH/c1-17(14-18-8-4-2-5-9-18)25-16-23-24(19-10-6-3-7-11-19)21-15-20(27(28)29)12-13-22(21)26-23;/h2-13,15,17,25-26H,14,16H2,1H3;1H. The van der Waals surface area contributed by atoms with E-state index in [9.17, 15) is 10.1 Å². The molecule has 0 fully saturated rings. The Balaban J connectivity index is 0.00000256. The fraction of sp³-hybridized carbons (Fsp3) is 0.167. The van der Waals surface area contributed by atoms with Crippen molar-refractivity contribution >= 4 is 29.0 Å². The Labute approximate surface area is 181 Å². The van der Waals surface area contributed by atoms with Gasteiger partial charge < -0.3 is 10.3 Å². The number of aromatic amines is 1. The molecule has 1 unspecified atom stereocenters. The number of aromatic nitrogens is 1. The minimum absolute atomic E-state index is 0. The van der Waals surface area contributed by atoms with Gasteiger partial charge in [0.2, 0.25) is 0 Å². The van der Waals surface area contributed by atoms with Crippen LogP contribution in [0.1, 0.15) is 18.2 Å². The average Bonchev–Trinajstić information content (AvgIpc) is 3.11. The van der Waals surface area contributed by atoms with Crippen LogP contribution >= 0.6 is 12.4 Å². The Morgan fingerprint density at radius 2 is 1.67 bits per heavy atom. The van der Waals surface area contributed by atoms with Crippen molar-refractivity contribution in [3.05, 3.63) is 100 Å². The normalized spacial score (nSPS) is 11.8. The second-order valence-electron chi connectivity index (χ2n) is 7.30. The molecule has 0 spiro atoms. The van der Waals surface area contributed by atoms with Crippen molar-refractivity contribution in [2.24, 2.45) is 0 Å². The molecule has 0 radical (unpaired) electrons. The van der Waals surface area contributed by atoms with E-state index in [0.717, 1.165) is 34.1 Å². The van der Waals surface area contributed by atoms with Gasteiger partial charge in [-0.05, 0) is 30.5 Å². The maximum absolute atomic E-state index is 11.3. The Hall–Kier alpha value is -3.15. The molecule has 0 saturated carbocycles. The summed E-state index contributed by atoms with van der Waals surface area (Å²) in [5.74, 6) is 0. The highest BCUT2D eigenvalue weighted by molar-refractivity contribution is 5.98. The molecular formula is C24H24ClN3O2. The largest absolute Gasteiger partial charge is 0.357 e. The molecule has 0 aliphatic carbocycles. The summed E-state index contributed by atoms with van der Waals surface area (Å²) in [6.07, 6.45) is 0.938. The Morgan fingerprint density at radius 3 is 2.33 bits per heavy atom. The van der Waals surface area contributed by atoms with E-state index >= 15 is 0 Å². The van der Waals surface area contributed by atoms with Gasteiger partial charge in [-0.1, -0.05) is 60.7 Å². The van der Waals surface area contributed by atoms with Crippen LogP contribution in [0.3, 0.4) is 0 Å². The predicted molar refractivity (Wildman–Crippen MR) is 124 cm³/mol. The molecule has 4 aromatic rings. The van der Waals surface area contributed by atoms with Gasteiger partial charge in [0, 0.05) is 46.9 Å². The summed E-state index contributed by atoms with van der Waals surface area (Å²) in [7, 11) is 0. The first-order valence-corrected chi connectivity index (χ1v) is 9.73. The van der Waals surface area contributed by atoms with E-state index in [1.165, 1.54) is 5.56 Å². The lowest BCUT2D eigenvalue weighted by Crippen LogP contribution is -2.27. The van der Waals surface area contributed by atoms with Gasteiger partial charge in [0.25, 0.3) is 5.69 Å². The van der Waals surface area contributed by atoms with E-state index in [1.54, 1.807) is 18.2 Å². The summed E-state index contributed by atoms with van der Waals surface area (Å²) in [5.41, 5.74) is 5.40. The van der Waals surface area contributed by atoms with Crippen LogP contribution in [0.25, 0.3) is 22.0 Å². The van der Waals surface area contributed by atoms with Crippen molar-refractivity contribution in [2.75, 3.05) is 0 Å². The maximum Gasteiger partial charge on any atom is 0.270 e. The zero-order chi connectivity index (χ0) is 20.2. The summed E-state index contributed by atoms with van der Waals surface area (Å²) in [6, 6.07) is 25.7. The zero-order valence-electron chi connectivity index (χ0n) is 16.7. The number of nitro benzene ring substituents is 1. The molecule has 154 valence electrons. The monoisotopic (exact) mass is 421 g/mol. The van der Waals surface area contributed by atoms with E-state index in [0.29, 0.717) is 12.6 Å². The number of hydrogen-bond acceptors (Lipinski definition) is 3. The first-order valence-electron chi connectivity index (χ1n) is 9.73. The van der Waals surface area contributed by atoms with Gasteiger partial charge in [-0.15, -0.1) is 12.4 Å². The first-order chi connectivity index (χ1) is 14.1. The quantitative estimate of drug-likeness (QED) is 0.289. The molecule has 30 heavy (non-hydrogen) atoms. The molecule has 4 rings (SSSR count). The number of rotatable bonds is 7. The van der Waals surface area contributed by atoms with E-state index in [2.05, 4.69) is 41.5 Å². The van der Waals surface area contributed by atoms with Gasteiger partial charge in [0.1, 0.15) is 0 Å². The minimum atomic E-state index is -0.346. The van der Waals surface area contributed by atoms with E-state index in [1.807, 2.05) is 36.4 Å². The third kappa shape index (κ3) is 4.70. The summed E-state index contributed by atoms with van der Waals surface area (Å²) in [6.45, 7) is 2.82. The minimum Gasteiger partial charge on any atom is -0.357 e. The summed E-state index contributed by atoms with van der Waals surface area (Å²) in [5, 5.41) is 15.7. The molecule has 0 saturated heterocycles. The number of H-pyrrole nitrogens is 1. The number of hydrogen-bond donors (Lipinski definition) is 2. The number of nitro groups is 1. The van der Waals surface area contributed by atoms with Gasteiger partial charge >= 0.3 is 0 Å². The van der Waals surface area contributed by atoms with Gasteiger partial charge in [0.05, 0.1) is 4.92 Å². The van der Waals surface area contributed by atoms with Gasteiger partial charge in [0.15, 0.2) is 0 Å². The van der Waals surface area contributed by atoms with Crippen LogP contribution in [0.2, 0.25) is 0 Å². The van der Waals surface area contributed by atoms with Gasteiger partial charge in [-0.25, -0.2) is 0 Å². The summed E-state index contributed by atoms with van der Waals surface area (Å²) < 4.78 is 0. The van der Waals surface area contributed by atoms with E-state index in [4.69, 9.17) is 0 Å². The van der Waals surface area contributed by atoms with Crippen molar-refractivity contribution in [1.29, 1.82) is 0 Å². The highest BCUT2D eigenvalue weighted by atomic mass is 35.5. The molecule has 3 aromatic carbocycles. The second-order valence-corrected chi connectivity index (χ2v) is 7.30. The Kier molecular flexibility index (Phi) is 6.87. The number of fused-ring (bicyclic) bond motifs is 1. The van der Waals surface area contributed by atoms with Crippen LogP contribution < -0.4 is 5.32 Å². The number of benzene rings is 3. The molecule has 5 nitrogen and oxygen atoms in total. The molecule has 1 heterocycles. The topological polar surface area (TPSA) is 71.0 Å². The fourth-order valence-corrected chi connectivity index (χ4v) is 3.73. The number of halogens is 1. The molecule has 0 amide bonds. The maximum atomic E-state index is 11.3. The lowest BCUT2D eigenvalue weighted by Gasteiger charge is -2.14. The second kappa shape index (κ2) is 9.57. The van der Waals surface area contributed by atoms with Crippen LogP contribution in [0.4, 0.5) is 5.69 Å². The van der Waals surface area contributed by atoms with Crippen LogP contribution in [0, 0.1) is 10.1 Å². The van der Waals surface area contributed by atoms with Crippen molar-refractivity contribution < 1.29 is 4.92 Å². The van der Waals surface area contributed by atoms with Crippen LogP contribution in [-0.4, -0.2) is 15.9 Å². The molecule has 0 aliphatic rings. The van der Waals surface area contributed by atoms with Crippen molar-refractivity contribution in [2.45, 2.75) is 25.9 Å². The number of non-ortho nitro benzene ring substituents is 1. The van der Waals surface area contributed by atoms with Crippen LogP contribution in [0.15, 0.2) is 78.9 Å². The molecule has 1 atom stereocenters. The molecule has 0 bridgehead atoms. The van der Waals surface area contributed by atoms with Crippen molar-refractivity contribution in [3.8, 4) is 11.1 Å². The molecule has 0 aliphatic heterocycles. The van der Waals surface area contributed by atoms with Crippen LogP contribution in [0.5, 0.6) is 0 Å². The smallest absolute Gasteiger partial charge is 0.270 e. The Bertz CT molecular complexity index is 1130. The SMILES string of the molecule is CC(Cc1ccccc1)NCc1[nH]c2ccc([N+](=O)[O-])cc2c1-c1ccccc1.Cl. The lowest BCUT2D eigenvalue weighted by molar-refractivity contribution is -0.384.